The van der Waals surface area contributed by atoms with Crippen molar-refractivity contribution < 1.29 is 14.2 Å². The fraction of sp³-hybridized carbons (Fsp3) is 0.600. The zero-order valence-electron chi connectivity index (χ0n) is 12.1. The molecule has 1 aromatic carbocycles. The number of nitrogen functional groups attached to an aromatic ring is 1. The Kier molecular flexibility index (Phi) is 5.80. The predicted molar refractivity (Wildman–Crippen MR) is 80.7 cm³/mol. The fourth-order valence-corrected chi connectivity index (χ4v) is 2.00. The van der Waals surface area contributed by atoms with Crippen LogP contribution in [-0.4, -0.2) is 33.0 Å². The number of nitrogens with two attached hydrogens (primary N) is 1. The van der Waals surface area contributed by atoms with Crippen LogP contribution in [-0.2, 0) is 4.74 Å². The van der Waals surface area contributed by atoms with E-state index >= 15 is 0 Å². The summed E-state index contributed by atoms with van der Waals surface area (Å²) in [5.74, 6) is 1.48. The highest BCUT2D eigenvalue weighted by molar-refractivity contribution is 5.72. The first-order chi connectivity index (χ1) is 9.81. The van der Waals surface area contributed by atoms with Crippen LogP contribution in [0.5, 0.6) is 11.5 Å². The van der Waals surface area contributed by atoms with E-state index in [0.717, 1.165) is 49.8 Å². The number of nitrogens with one attached hydrogen (secondary N) is 1. The molecular weight excluding hydrogens is 256 g/mol. The lowest BCUT2D eigenvalue weighted by Gasteiger charge is -2.20. The molecule has 0 atom stereocenters. The second kappa shape index (κ2) is 7.85. The monoisotopic (exact) mass is 280 g/mol. The van der Waals surface area contributed by atoms with Crippen LogP contribution in [0.2, 0.25) is 0 Å². The third kappa shape index (κ3) is 4.20. The summed E-state index contributed by atoms with van der Waals surface area (Å²) in [5, 5.41) is 3.31. The maximum atomic E-state index is 6.00. The number of hydrogen-bond donors (Lipinski definition) is 2. The molecule has 1 heterocycles. The van der Waals surface area contributed by atoms with Gasteiger partial charge in [-0.2, -0.15) is 0 Å². The molecule has 0 bridgehead atoms. The van der Waals surface area contributed by atoms with E-state index in [1.807, 2.05) is 12.1 Å². The molecule has 2 rings (SSSR count). The van der Waals surface area contributed by atoms with Crippen molar-refractivity contribution in [1.29, 1.82) is 0 Å². The number of ether oxygens (including phenoxy) is 3. The van der Waals surface area contributed by atoms with Crippen LogP contribution in [0.25, 0.3) is 0 Å². The van der Waals surface area contributed by atoms with Gasteiger partial charge < -0.3 is 25.3 Å². The molecule has 0 saturated heterocycles. The SMILES string of the molecule is CCCCOCCCNc1cc2c(cc1N)OCCO2. The number of rotatable bonds is 8. The molecule has 0 aromatic heterocycles. The van der Waals surface area contributed by atoms with E-state index in [4.69, 9.17) is 19.9 Å². The molecular formula is C15H24N2O3. The van der Waals surface area contributed by atoms with Gasteiger partial charge in [-0.1, -0.05) is 13.3 Å². The molecule has 112 valence electrons. The van der Waals surface area contributed by atoms with E-state index in [1.54, 1.807) is 0 Å². The van der Waals surface area contributed by atoms with Gasteiger partial charge in [-0.05, 0) is 12.8 Å². The Bertz CT molecular complexity index is 424. The summed E-state index contributed by atoms with van der Waals surface area (Å²) in [6.45, 7) is 5.78. The van der Waals surface area contributed by atoms with Gasteiger partial charge in [0, 0.05) is 31.9 Å². The van der Waals surface area contributed by atoms with Gasteiger partial charge in [0.05, 0.1) is 11.4 Å². The smallest absolute Gasteiger partial charge is 0.163 e. The highest BCUT2D eigenvalue weighted by atomic mass is 16.6. The third-order valence-corrected chi connectivity index (χ3v) is 3.14. The van der Waals surface area contributed by atoms with Gasteiger partial charge >= 0.3 is 0 Å². The van der Waals surface area contributed by atoms with E-state index in [0.29, 0.717) is 18.9 Å². The van der Waals surface area contributed by atoms with Gasteiger partial charge in [-0.15, -0.1) is 0 Å². The zero-order valence-corrected chi connectivity index (χ0v) is 12.1. The molecule has 0 radical (unpaired) electrons. The van der Waals surface area contributed by atoms with Crippen molar-refractivity contribution >= 4 is 11.4 Å². The van der Waals surface area contributed by atoms with E-state index in [-0.39, 0.29) is 0 Å². The first-order valence-electron chi connectivity index (χ1n) is 7.32. The molecule has 3 N–H and O–H groups in total. The Morgan fingerprint density at radius 1 is 1.15 bits per heavy atom. The average Bonchev–Trinajstić information content (AvgIpc) is 2.46. The number of unbranched alkanes of at least 4 members (excludes halogenated alkanes) is 1. The Morgan fingerprint density at radius 3 is 2.60 bits per heavy atom. The van der Waals surface area contributed by atoms with E-state index in [1.165, 1.54) is 6.42 Å². The summed E-state index contributed by atoms with van der Waals surface area (Å²) in [6.07, 6.45) is 3.26. The van der Waals surface area contributed by atoms with Gasteiger partial charge in [-0.25, -0.2) is 0 Å². The summed E-state index contributed by atoms with van der Waals surface area (Å²) < 4.78 is 16.5. The van der Waals surface area contributed by atoms with E-state index in [2.05, 4.69) is 12.2 Å². The minimum Gasteiger partial charge on any atom is -0.486 e. The Balaban J connectivity index is 1.75. The second-order valence-corrected chi connectivity index (χ2v) is 4.83. The van der Waals surface area contributed by atoms with Crippen LogP contribution in [0.1, 0.15) is 26.2 Å². The van der Waals surface area contributed by atoms with E-state index in [9.17, 15) is 0 Å². The Labute approximate surface area is 120 Å². The molecule has 0 amide bonds. The van der Waals surface area contributed by atoms with Crippen LogP contribution in [0.3, 0.4) is 0 Å². The highest BCUT2D eigenvalue weighted by Crippen LogP contribution is 2.36. The molecule has 1 aliphatic heterocycles. The standard InChI is InChI=1S/C15H24N2O3/c1-2-3-6-18-7-4-5-17-13-11-15-14(10-12(13)16)19-8-9-20-15/h10-11,17H,2-9,16H2,1H3. The summed E-state index contributed by atoms with van der Waals surface area (Å²) >= 11 is 0. The molecule has 20 heavy (non-hydrogen) atoms. The molecule has 5 heteroatoms. The maximum absolute atomic E-state index is 6.00. The summed E-state index contributed by atoms with van der Waals surface area (Å²) in [7, 11) is 0. The van der Waals surface area contributed by atoms with Crippen LogP contribution in [0, 0.1) is 0 Å². The van der Waals surface area contributed by atoms with Crippen LogP contribution >= 0.6 is 0 Å². The largest absolute Gasteiger partial charge is 0.486 e. The second-order valence-electron chi connectivity index (χ2n) is 4.83. The molecule has 0 aliphatic carbocycles. The molecule has 1 aromatic rings. The minimum atomic E-state index is 0.578. The fourth-order valence-electron chi connectivity index (χ4n) is 2.00. The molecule has 0 saturated carbocycles. The number of anilines is 2. The number of benzene rings is 1. The first kappa shape index (κ1) is 14.8. The van der Waals surface area contributed by atoms with Crippen molar-refractivity contribution in [1.82, 2.24) is 0 Å². The molecule has 0 spiro atoms. The lowest BCUT2D eigenvalue weighted by atomic mass is 10.2. The minimum absolute atomic E-state index is 0.578. The lowest BCUT2D eigenvalue weighted by molar-refractivity contribution is 0.131. The Hall–Kier alpha value is -1.62. The predicted octanol–water partition coefficient (Wildman–Crippen LogP) is 2.66. The summed E-state index contributed by atoms with van der Waals surface area (Å²) in [4.78, 5) is 0. The van der Waals surface area contributed by atoms with Gasteiger partial charge in [0.1, 0.15) is 13.2 Å². The van der Waals surface area contributed by atoms with Gasteiger partial charge in [0.25, 0.3) is 0 Å². The summed E-state index contributed by atoms with van der Waals surface area (Å²) in [6, 6.07) is 3.72. The van der Waals surface area contributed by atoms with Crippen LogP contribution in [0.15, 0.2) is 12.1 Å². The highest BCUT2D eigenvalue weighted by Gasteiger charge is 2.14. The third-order valence-electron chi connectivity index (χ3n) is 3.14. The molecule has 0 fully saturated rings. The van der Waals surface area contributed by atoms with Crippen LogP contribution in [0.4, 0.5) is 11.4 Å². The van der Waals surface area contributed by atoms with Crippen LogP contribution < -0.4 is 20.5 Å². The van der Waals surface area contributed by atoms with Crippen molar-refractivity contribution in [3.05, 3.63) is 12.1 Å². The van der Waals surface area contributed by atoms with Crippen molar-refractivity contribution in [2.24, 2.45) is 0 Å². The van der Waals surface area contributed by atoms with Crippen molar-refractivity contribution in [3.8, 4) is 11.5 Å². The van der Waals surface area contributed by atoms with Crippen molar-refractivity contribution in [3.63, 3.8) is 0 Å². The zero-order chi connectivity index (χ0) is 14.2. The molecule has 0 unspecified atom stereocenters. The van der Waals surface area contributed by atoms with E-state index < -0.39 is 0 Å². The normalized spacial score (nSPS) is 13.2. The van der Waals surface area contributed by atoms with Crippen molar-refractivity contribution in [2.75, 3.05) is 44.0 Å². The Morgan fingerprint density at radius 2 is 1.85 bits per heavy atom. The average molecular weight is 280 g/mol. The summed E-state index contributed by atoms with van der Waals surface area (Å²) in [5.41, 5.74) is 7.57. The molecule has 5 nitrogen and oxygen atoms in total. The molecule has 1 aliphatic rings. The first-order valence-corrected chi connectivity index (χ1v) is 7.32. The van der Waals surface area contributed by atoms with Gasteiger partial charge in [-0.3, -0.25) is 0 Å². The quantitative estimate of drug-likeness (QED) is 0.566. The number of fused-ring (bicyclic) bond motifs is 1. The van der Waals surface area contributed by atoms with Crippen molar-refractivity contribution in [2.45, 2.75) is 26.2 Å². The number of hydrogen-bond acceptors (Lipinski definition) is 5. The van der Waals surface area contributed by atoms with Gasteiger partial charge in [0.2, 0.25) is 0 Å². The topological polar surface area (TPSA) is 65.7 Å². The lowest BCUT2D eigenvalue weighted by Crippen LogP contribution is -2.16. The van der Waals surface area contributed by atoms with Gasteiger partial charge in [0.15, 0.2) is 11.5 Å². The maximum Gasteiger partial charge on any atom is 0.163 e.